The molecular weight excluding hydrogens is 502 g/mol. The van der Waals surface area contributed by atoms with Crippen molar-refractivity contribution in [2.24, 2.45) is 5.18 Å². The van der Waals surface area contributed by atoms with Gasteiger partial charge in [0.05, 0.1) is 11.7 Å². The van der Waals surface area contributed by atoms with Gasteiger partial charge < -0.3 is 20.4 Å². The number of para-hydroxylation sites is 1. The maximum absolute atomic E-state index is 13.7. The van der Waals surface area contributed by atoms with Crippen LogP contribution in [0.5, 0.6) is 0 Å². The van der Waals surface area contributed by atoms with Crippen molar-refractivity contribution in [2.45, 2.75) is 31.5 Å². The summed E-state index contributed by atoms with van der Waals surface area (Å²) < 4.78 is 0. The van der Waals surface area contributed by atoms with Crippen LogP contribution in [-0.4, -0.2) is 55.0 Å². The number of hydrogen-bond acceptors (Lipinski definition) is 6. The van der Waals surface area contributed by atoms with Crippen molar-refractivity contribution < 1.29 is 9.59 Å². The average molecular weight is 532 g/mol. The van der Waals surface area contributed by atoms with E-state index >= 15 is 0 Å². The molecule has 9 heteroatoms. The molecule has 0 aromatic heterocycles. The first-order valence-electron chi connectivity index (χ1n) is 12.8. The maximum Gasteiger partial charge on any atom is 0.245 e. The largest absolute Gasteiger partial charge is 0.366 e. The molecule has 0 bridgehead atoms. The number of fused-ring (bicyclic) bond motifs is 1. The first kappa shape index (κ1) is 25.9. The van der Waals surface area contributed by atoms with Crippen molar-refractivity contribution >= 4 is 34.8 Å². The topological polar surface area (TPSA) is 94.1 Å². The summed E-state index contributed by atoms with van der Waals surface area (Å²) in [5, 5.41) is 10.1. The Hall–Kier alpha value is -3.75. The van der Waals surface area contributed by atoms with Gasteiger partial charge in [-0.3, -0.25) is 9.59 Å². The van der Waals surface area contributed by atoms with E-state index in [0.717, 1.165) is 16.8 Å². The number of rotatable bonds is 7. The fourth-order valence-electron chi connectivity index (χ4n) is 5.17. The molecular formula is C29H30ClN5O3. The summed E-state index contributed by atoms with van der Waals surface area (Å²) >= 11 is 6.06. The normalized spacial score (nSPS) is 17.9. The molecule has 3 aromatic carbocycles. The summed E-state index contributed by atoms with van der Waals surface area (Å²) in [6.07, 6.45) is 0.940. The molecule has 2 N–H and O–H groups in total. The van der Waals surface area contributed by atoms with E-state index in [-0.39, 0.29) is 11.8 Å². The minimum absolute atomic E-state index is 0.119. The van der Waals surface area contributed by atoms with E-state index in [4.69, 9.17) is 11.6 Å². The van der Waals surface area contributed by atoms with Gasteiger partial charge >= 0.3 is 0 Å². The van der Waals surface area contributed by atoms with Gasteiger partial charge in [-0.1, -0.05) is 60.1 Å². The van der Waals surface area contributed by atoms with E-state index in [1.54, 1.807) is 29.2 Å². The molecule has 2 aliphatic heterocycles. The third-order valence-corrected chi connectivity index (χ3v) is 7.53. The Bertz CT molecular complexity index is 1310. The summed E-state index contributed by atoms with van der Waals surface area (Å²) in [6, 6.07) is 21.5. The van der Waals surface area contributed by atoms with E-state index in [0.29, 0.717) is 56.3 Å². The van der Waals surface area contributed by atoms with Gasteiger partial charge in [0.1, 0.15) is 11.7 Å². The lowest BCUT2D eigenvalue weighted by Gasteiger charge is -2.38. The van der Waals surface area contributed by atoms with Crippen LogP contribution in [0.2, 0.25) is 5.02 Å². The Kier molecular flexibility index (Phi) is 8.00. The van der Waals surface area contributed by atoms with Crippen LogP contribution in [0.15, 0.2) is 78.0 Å². The van der Waals surface area contributed by atoms with E-state index in [9.17, 15) is 14.5 Å². The summed E-state index contributed by atoms with van der Waals surface area (Å²) in [6.45, 7) is 2.72. The number of anilines is 1. The van der Waals surface area contributed by atoms with Crippen LogP contribution in [0.3, 0.4) is 0 Å². The summed E-state index contributed by atoms with van der Waals surface area (Å²) in [4.78, 5) is 42.2. The molecule has 2 atom stereocenters. The highest BCUT2D eigenvalue weighted by molar-refractivity contribution is 6.30. The molecule has 38 heavy (non-hydrogen) atoms. The number of nitrogens with one attached hydrogen (secondary N) is 2. The molecule has 2 amide bonds. The molecule has 0 aliphatic carbocycles. The number of carbonyl (C=O) groups is 2. The van der Waals surface area contributed by atoms with Gasteiger partial charge in [0.2, 0.25) is 11.8 Å². The summed E-state index contributed by atoms with van der Waals surface area (Å²) in [7, 11) is 0. The zero-order chi connectivity index (χ0) is 26.5. The molecule has 0 spiro atoms. The van der Waals surface area contributed by atoms with E-state index in [1.165, 1.54) is 5.56 Å². The molecule has 2 aliphatic rings. The summed E-state index contributed by atoms with van der Waals surface area (Å²) in [5.74, 6) is -0.303. The van der Waals surface area contributed by atoms with Crippen molar-refractivity contribution in [2.75, 3.05) is 31.1 Å². The predicted molar refractivity (Wildman–Crippen MR) is 149 cm³/mol. The fraction of sp³-hybridized carbons (Fsp3) is 0.310. The maximum atomic E-state index is 13.7. The van der Waals surface area contributed by atoms with Crippen LogP contribution in [0.1, 0.15) is 16.7 Å². The first-order chi connectivity index (χ1) is 18.5. The molecule has 8 nitrogen and oxygen atoms in total. The van der Waals surface area contributed by atoms with Gasteiger partial charge in [-0.15, -0.1) is 4.91 Å². The molecule has 5 rings (SSSR count). The van der Waals surface area contributed by atoms with E-state index < -0.39 is 12.1 Å². The lowest BCUT2D eigenvalue weighted by Crippen LogP contribution is -2.58. The van der Waals surface area contributed by atoms with E-state index in [2.05, 4.69) is 26.8 Å². The average Bonchev–Trinajstić information content (AvgIpc) is 2.97. The molecule has 3 aromatic rings. The Balaban J connectivity index is 1.28. The number of benzene rings is 3. The number of piperazine rings is 1. The molecule has 0 unspecified atom stereocenters. The molecule has 1 fully saturated rings. The molecule has 0 radical (unpaired) electrons. The molecule has 1 saturated heterocycles. The van der Waals surface area contributed by atoms with Gasteiger partial charge in [-0.2, -0.15) is 0 Å². The van der Waals surface area contributed by atoms with Gasteiger partial charge in [-0.05, 0) is 52.6 Å². The molecule has 0 saturated carbocycles. The van der Waals surface area contributed by atoms with Crippen LogP contribution >= 0.6 is 11.6 Å². The van der Waals surface area contributed by atoms with Crippen LogP contribution in [0.25, 0.3) is 0 Å². The van der Waals surface area contributed by atoms with Gasteiger partial charge in [0.15, 0.2) is 0 Å². The number of hydrogen-bond donors (Lipinski definition) is 2. The monoisotopic (exact) mass is 531 g/mol. The number of carbonyl (C=O) groups excluding carboxylic acids is 2. The van der Waals surface area contributed by atoms with Crippen LogP contribution in [-0.2, 0) is 29.0 Å². The second-order valence-corrected chi connectivity index (χ2v) is 10.1. The second kappa shape index (κ2) is 11.8. The smallest absolute Gasteiger partial charge is 0.245 e. The zero-order valence-corrected chi connectivity index (χ0v) is 21.7. The number of nitrogens with zero attached hydrogens (tertiary/aromatic N) is 3. The van der Waals surface area contributed by atoms with Crippen molar-refractivity contribution in [1.82, 2.24) is 15.5 Å². The number of nitroso groups, excluding NO2 is 1. The second-order valence-electron chi connectivity index (χ2n) is 9.69. The van der Waals surface area contributed by atoms with Gasteiger partial charge in [0.25, 0.3) is 0 Å². The third-order valence-electron chi connectivity index (χ3n) is 7.28. The quantitative estimate of drug-likeness (QED) is 0.452. The lowest BCUT2D eigenvalue weighted by molar-refractivity contribution is -0.137. The minimum Gasteiger partial charge on any atom is -0.366 e. The summed E-state index contributed by atoms with van der Waals surface area (Å²) in [5.41, 5.74) is 4.41. The molecule has 196 valence electrons. The Morgan fingerprint density at radius 1 is 0.947 bits per heavy atom. The Morgan fingerprint density at radius 3 is 2.37 bits per heavy atom. The van der Waals surface area contributed by atoms with Crippen LogP contribution < -0.4 is 15.5 Å². The number of halogens is 1. The van der Waals surface area contributed by atoms with Crippen molar-refractivity contribution in [3.05, 3.63) is 99.4 Å². The van der Waals surface area contributed by atoms with Crippen molar-refractivity contribution in [1.29, 1.82) is 0 Å². The molecule has 2 heterocycles. The highest BCUT2D eigenvalue weighted by Crippen LogP contribution is 2.29. The highest BCUT2D eigenvalue weighted by atomic mass is 35.5. The van der Waals surface area contributed by atoms with Crippen molar-refractivity contribution in [3.63, 3.8) is 0 Å². The van der Waals surface area contributed by atoms with Gasteiger partial charge in [-0.25, -0.2) is 0 Å². The standard InChI is InChI=1S/C29H30ClN5O3/c30-23-11-9-20(10-12-23)17-26(32-28(36)25-18-21-5-1-2-6-22(21)19-31-25)29(37)35-15-13-34(14-16-35)27-8-4-3-7-24(27)33-38/h1-12,25-26,31H,13-19H2,(H,32,36)/t25-,26+/m0/s1. The van der Waals surface area contributed by atoms with Crippen LogP contribution in [0.4, 0.5) is 11.4 Å². The zero-order valence-electron chi connectivity index (χ0n) is 21.0. The fourth-order valence-corrected chi connectivity index (χ4v) is 5.29. The highest BCUT2D eigenvalue weighted by Gasteiger charge is 2.32. The Labute approximate surface area is 226 Å². The Morgan fingerprint density at radius 2 is 1.63 bits per heavy atom. The van der Waals surface area contributed by atoms with E-state index in [1.807, 2.05) is 42.5 Å². The predicted octanol–water partition coefficient (Wildman–Crippen LogP) is 3.83. The first-order valence-corrected chi connectivity index (χ1v) is 13.2. The van der Waals surface area contributed by atoms with Gasteiger partial charge in [0, 0.05) is 44.2 Å². The third kappa shape index (κ3) is 5.87. The SMILES string of the molecule is O=Nc1ccccc1N1CCN(C(=O)[C@@H](Cc2ccc(Cl)cc2)NC(=O)[C@@H]2Cc3ccccc3CN2)CC1. The minimum atomic E-state index is -0.710. The lowest BCUT2D eigenvalue weighted by atomic mass is 9.95. The van der Waals surface area contributed by atoms with Crippen molar-refractivity contribution in [3.8, 4) is 0 Å². The number of amides is 2. The van der Waals surface area contributed by atoms with Crippen LogP contribution in [0, 0.1) is 4.91 Å².